The smallest absolute Gasteiger partial charge is 0.356 e. The fraction of sp³-hybridized carbons (Fsp3) is 0.304. The number of carbonyl (C=O) groups is 4. The third-order valence-corrected chi connectivity index (χ3v) is 6.60. The summed E-state index contributed by atoms with van der Waals surface area (Å²) in [5.74, 6) is -1.68. The maximum atomic E-state index is 13.0. The maximum absolute atomic E-state index is 13.0. The van der Waals surface area contributed by atoms with Gasteiger partial charge in [-0.3, -0.25) is 20.2 Å². The molecule has 2 heterocycles. The summed E-state index contributed by atoms with van der Waals surface area (Å²) in [6, 6.07) is 4.72. The van der Waals surface area contributed by atoms with Crippen molar-refractivity contribution in [1.29, 1.82) is 0 Å². The van der Waals surface area contributed by atoms with Gasteiger partial charge in [0, 0.05) is 24.7 Å². The lowest BCUT2D eigenvalue weighted by atomic mass is 9.94. The summed E-state index contributed by atoms with van der Waals surface area (Å²) >= 11 is 0.936. The summed E-state index contributed by atoms with van der Waals surface area (Å²) in [7, 11) is 1.55. The molecular formula is C23H24N6O5S. The van der Waals surface area contributed by atoms with Crippen molar-refractivity contribution in [2.24, 2.45) is 13.0 Å². The zero-order valence-electron chi connectivity index (χ0n) is 19.1. The number of nitrogens with one attached hydrogen (secondary N) is 3. The fourth-order valence-corrected chi connectivity index (χ4v) is 4.62. The van der Waals surface area contributed by atoms with E-state index in [1.165, 1.54) is 17.0 Å². The van der Waals surface area contributed by atoms with Crippen molar-refractivity contribution in [2.75, 3.05) is 16.0 Å². The number of imidazole rings is 1. The van der Waals surface area contributed by atoms with Crippen LogP contribution in [0.1, 0.15) is 61.8 Å². The predicted molar refractivity (Wildman–Crippen MR) is 130 cm³/mol. The number of hydrogen-bond acceptors (Lipinski definition) is 7. The first kappa shape index (κ1) is 24.1. The number of amides is 3. The molecular weight excluding hydrogens is 472 g/mol. The Bertz CT molecular complexity index is 1310. The Morgan fingerprint density at radius 1 is 1.11 bits per heavy atom. The van der Waals surface area contributed by atoms with Crippen LogP contribution in [0.4, 0.5) is 21.6 Å². The van der Waals surface area contributed by atoms with E-state index in [2.05, 4.69) is 25.9 Å². The number of aromatic carboxylic acids is 1. The molecule has 1 fully saturated rings. The molecule has 3 amide bonds. The van der Waals surface area contributed by atoms with Crippen molar-refractivity contribution in [2.45, 2.75) is 32.6 Å². The number of Topliss-reactive ketones (excluding diaryl/α,β-unsaturated/α-hetero) is 1. The minimum absolute atomic E-state index is 0.0225. The van der Waals surface area contributed by atoms with E-state index in [4.69, 9.17) is 5.11 Å². The maximum Gasteiger partial charge on any atom is 0.356 e. The highest BCUT2D eigenvalue weighted by atomic mass is 32.1. The molecule has 12 heteroatoms. The molecule has 0 bridgehead atoms. The number of carboxylic acids is 1. The summed E-state index contributed by atoms with van der Waals surface area (Å²) in [5.41, 5.74) is 1.63. The monoisotopic (exact) mass is 496 g/mol. The van der Waals surface area contributed by atoms with Crippen molar-refractivity contribution in [3.05, 3.63) is 52.3 Å². The Kier molecular flexibility index (Phi) is 6.92. The molecule has 11 nitrogen and oxygen atoms in total. The quantitative estimate of drug-likeness (QED) is 0.358. The highest BCUT2D eigenvalue weighted by Crippen LogP contribution is 2.31. The van der Waals surface area contributed by atoms with Crippen LogP contribution in [0.25, 0.3) is 0 Å². The molecule has 1 aliphatic rings. The molecule has 0 spiro atoms. The summed E-state index contributed by atoms with van der Waals surface area (Å²) < 4.78 is 1.38. The van der Waals surface area contributed by atoms with Gasteiger partial charge in [-0.25, -0.2) is 19.6 Å². The lowest BCUT2D eigenvalue weighted by Crippen LogP contribution is -2.22. The first-order valence-electron chi connectivity index (χ1n) is 11.0. The highest BCUT2D eigenvalue weighted by Gasteiger charge is 2.26. The van der Waals surface area contributed by atoms with Gasteiger partial charge in [0.25, 0.3) is 5.91 Å². The zero-order valence-corrected chi connectivity index (χ0v) is 19.9. The number of aryl methyl sites for hydroxylation is 2. The average molecular weight is 497 g/mol. The van der Waals surface area contributed by atoms with Gasteiger partial charge < -0.3 is 15.0 Å². The molecule has 0 unspecified atom stereocenters. The summed E-state index contributed by atoms with van der Waals surface area (Å²) in [6.45, 7) is 1.89. The van der Waals surface area contributed by atoms with Gasteiger partial charge in [0.2, 0.25) is 5.95 Å². The fourth-order valence-electron chi connectivity index (χ4n) is 3.92. The molecule has 182 valence electrons. The molecule has 0 saturated heterocycles. The second-order valence-corrected chi connectivity index (χ2v) is 9.35. The number of thiazole rings is 1. The Morgan fingerprint density at radius 2 is 1.86 bits per heavy atom. The highest BCUT2D eigenvalue weighted by molar-refractivity contribution is 7.17. The number of anilines is 3. The van der Waals surface area contributed by atoms with Crippen LogP contribution in [0.15, 0.2) is 30.6 Å². The van der Waals surface area contributed by atoms with E-state index in [0.717, 1.165) is 42.6 Å². The third-order valence-electron chi connectivity index (χ3n) is 5.69. The van der Waals surface area contributed by atoms with E-state index in [0.29, 0.717) is 11.3 Å². The lowest BCUT2D eigenvalue weighted by Gasteiger charge is -2.14. The Hall–Kier alpha value is -4.06. The van der Waals surface area contributed by atoms with Crippen molar-refractivity contribution < 1.29 is 24.3 Å². The van der Waals surface area contributed by atoms with Crippen molar-refractivity contribution in [1.82, 2.24) is 14.5 Å². The molecule has 0 radical (unpaired) electrons. The largest absolute Gasteiger partial charge is 0.476 e. The van der Waals surface area contributed by atoms with E-state index in [1.54, 1.807) is 19.2 Å². The number of ketones is 1. The van der Waals surface area contributed by atoms with E-state index >= 15 is 0 Å². The Labute approximate surface area is 204 Å². The van der Waals surface area contributed by atoms with Crippen molar-refractivity contribution >= 4 is 51.8 Å². The van der Waals surface area contributed by atoms with Gasteiger partial charge in [0.05, 0.1) is 11.9 Å². The Balaban J connectivity index is 1.41. The van der Waals surface area contributed by atoms with Crippen LogP contribution < -0.4 is 16.0 Å². The first-order valence-corrected chi connectivity index (χ1v) is 11.8. The molecule has 1 aromatic carbocycles. The van der Waals surface area contributed by atoms with Crippen molar-refractivity contribution in [3.63, 3.8) is 0 Å². The predicted octanol–water partition coefficient (Wildman–Crippen LogP) is 4.15. The molecule has 0 aliphatic heterocycles. The number of hydrogen-bond donors (Lipinski definition) is 4. The summed E-state index contributed by atoms with van der Waals surface area (Å²) in [5, 5.41) is 17.0. The van der Waals surface area contributed by atoms with E-state index in [9.17, 15) is 19.2 Å². The topological polar surface area (TPSA) is 155 Å². The van der Waals surface area contributed by atoms with Gasteiger partial charge in [-0.2, -0.15) is 0 Å². The second kappa shape index (κ2) is 10.1. The number of rotatable bonds is 7. The minimum Gasteiger partial charge on any atom is -0.476 e. The molecule has 35 heavy (non-hydrogen) atoms. The lowest BCUT2D eigenvalue weighted by molar-refractivity contribution is 0.0690. The van der Waals surface area contributed by atoms with Crippen molar-refractivity contribution in [3.8, 4) is 0 Å². The van der Waals surface area contributed by atoms with Crippen LogP contribution in [0.2, 0.25) is 0 Å². The zero-order chi connectivity index (χ0) is 25.1. The number of nitrogens with zero attached hydrogens (tertiary/aromatic N) is 3. The van der Waals surface area contributed by atoms with Gasteiger partial charge in [-0.05, 0) is 31.9 Å². The first-order chi connectivity index (χ1) is 16.7. The van der Waals surface area contributed by atoms with E-state index in [-0.39, 0.29) is 33.4 Å². The normalized spacial score (nSPS) is 13.4. The van der Waals surface area contributed by atoms with Gasteiger partial charge in [-0.15, -0.1) is 0 Å². The SMILES string of the molecule is Cc1ccc(NC(=O)Nc2ncc(C(=O)Nc3nc(C(=O)O)cn3C)s2)c(C(=O)C2CCCC2)c1. The van der Waals surface area contributed by atoms with Gasteiger partial charge in [-0.1, -0.05) is 35.8 Å². The molecule has 4 rings (SSSR count). The molecule has 1 saturated carbocycles. The summed E-state index contributed by atoms with van der Waals surface area (Å²) in [4.78, 5) is 57.2. The standard InChI is InChI=1S/C23H24N6O5S/c1-12-7-8-15(14(9-12)18(30)13-5-3-4-6-13)26-22(34)28-23-24-10-17(35-23)19(31)27-21-25-16(20(32)33)11-29(21)2/h7-11,13H,3-6H2,1-2H3,(H,32,33)(H,25,27,31)(H2,24,26,28,34). The van der Waals surface area contributed by atoms with Crippen LogP contribution in [-0.4, -0.2) is 43.3 Å². The molecule has 2 aromatic heterocycles. The summed E-state index contributed by atoms with van der Waals surface area (Å²) in [6.07, 6.45) is 6.35. The van der Waals surface area contributed by atoms with Gasteiger partial charge in [0.15, 0.2) is 16.6 Å². The van der Waals surface area contributed by atoms with Gasteiger partial charge in [0.1, 0.15) is 4.88 Å². The van der Waals surface area contributed by atoms with E-state index in [1.807, 2.05) is 13.0 Å². The van der Waals surface area contributed by atoms with Crippen LogP contribution >= 0.6 is 11.3 Å². The second-order valence-electron chi connectivity index (χ2n) is 8.32. The Morgan fingerprint density at radius 3 is 2.54 bits per heavy atom. The van der Waals surface area contributed by atoms with Gasteiger partial charge >= 0.3 is 12.0 Å². The van der Waals surface area contributed by atoms with Crippen LogP contribution in [0.3, 0.4) is 0 Å². The van der Waals surface area contributed by atoms with E-state index < -0.39 is 17.9 Å². The molecule has 4 N–H and O–H groups in total. The molecule has 3 aromatic rings. The number of urea groups is 1. The number of carbonyl (C=O) groups excluding carboxylic acids is 3. The average Bonchev–Trinajstić information content (AvgIpc) is 3.56. The van der Waals surface area contributed by atoms with Crippen LogP contribution in [0.5, 0.6) is 0 Å². The number of carboxylic acid groups (broad SMARTS) is 1. The van der Waals surface area contributed by atoms with Crippen LogP contribution in [0, 0.1) is 12.8 Å². The molecule has 1 aliphatic carbocycles. The number of benzene rings is 1. The minimum atomic E-state index is -1.21. The molecule has 0 atom stereocenters. The van der Waals surface area contributed by atoms with Crippen LogP contribution in [-0.2, 0) is 7.05 Å². The third kappa shape index (κ3) is 5.54. The number of aromatic nitrogens is 3.